The van der Waals surface area contributed by atoms with Gasteiger partial charge in [-0.05, 0) is 61.1 Å². The fourth-order valence-corrected chi connectivity index (χ4v) is 2.78. The number of rotatable bonds is 1. The highest BCUT2D eigenvalue weighted by Gasteiger charge is 2.10. The standard InChI is InChI=1S/C17H19N/c1-12-5-7-16(13(2)10-12)14-6-8-17-15(11-14)4-3-9-18-17/h5-8,10-11,18H,3-4,9H2,1-2H3. The zero-order chi connectivity index (χ0) is 12.5. The van der Waals surface area contributed by atoms with Gasteiger partial charge in [0.2, 0.25) is 0 Å². The minimum absolute atomic E-state index is 1.11. The van der Waals surface area contributed by atoms with Gasteiger partial charge in [-0.2, -0.15) is 0 Å². The Balaban J connectivity index is 2.06. The highest BCUT2D eigenvalue weighted by atomic mass is 14.9. The molecule has 0 atom stereocenters. The molecule has 0 amide bonds. The van der Waals surface area contributed by atoms with Crippen LogP contribution in [0.2, 0.25) is 0 Å². The second-order valence-corrected chi connectivity index (χ2v) is 5.22. The van der Waals surface area contributed by atoms with Crippen LogP contribution in [0.1, 0.15) is 23.1 Å². The normalized spacial score (nSPS) is 13.9. The summed E-state index contributed by atoms with van der Waals surface area (Å²) in [5, 5.41) is 3.47. The predicted octanol–water partition coefficient (Wildman–Crippen LogP) is 4.33. The zero-order valence-electron chi connectivity index (χ0n) is 11.1. The second kappa shape index (κ2) is 4.49. The van der Waals surface area contributed by atoms with E-state index in [0.29, 0.717) is 0 Å². The van der Waals surface area contributed by atoms with Gasteiger partial charge in [-0.1, -0.05) is 29.8 Å². The van der Waals surface area contributed by atoms with E-state index in [9.17, 15) is 0 Å². The smallest absolute Gasteiger partial charge is 0.0373 e. The van der Waals surface area contributed by atoms with Gasteiger partial charge >= 0.3 is 0 Å². The lowest BCUT2D eigenvalue weighted by atomic mass is 9.94. The van der Waals surface area contributed by atoms with Gasteiger partial charge in [-0.3, -0.25) is 0 Å². The third-order valence-corrected chi connectivity index (χ3v) is 3.74. The van der Waals surface area contributed by atoms with Gasteiger partial charge in [0.1, 0.15) is 0 Å². The number of hydrogen-bond donors (Lipinski definition) is 1. The fraction of sp³-hybridized carbons (Fsp3) is 0.294. The molecule has 0 fully saturated rings. The van der Waals surface area contributed by atoms with Crippen LogP contribution in [-0.2, 0) is 6.42 Å². The molecule has 0 aromatic heterocycles. The van der Waals surface area contributed by atoms with E-state index in [4.69, 9.17) is 0 Å². The number of aryl methyl sites for hydroxylation is 3. The topological polar surface area (TPSA) is 12.0 Å². The third-order valence-electron chi connectivity index (χ3n) is 3.74. The van der Waals surface area contributed by atoms with Crippen molar-refractivity contribution in [1.82, 2.24) is 0 Å². The zero-order valence-corrected chi connectivity index (χ0v) is 11.1. The maximum Gasteiger partial charge on any atom is 0.0373 e. The van der Waals surface area contributed by atoms with Crippen LogP contribution in [0.3, 0.4) is 0 Å². The van der Waals surface area contributed by atoms with E-state index in [2.05, 4.69) is 55.6 Å². The molecule has 3 rings (SSSR count). The summed E-state index contributed by atoms with van der Waals surface area (Å²) in [5.41, 5.74) is 8.16. The molecule has 1 heteroatoms. The largest absolute Gasteiger partial charge is 0.385 e. The molecule has 1 heterocycles. The first kappa shape index (κ1) is 11.3. The van der Waals surface area contributed by atoms with Gasteiger partial charge < -0.3 is 5.32 Å². The average molecular weight is 237 g/mol. The molecule has 0 saturated carbocycles. The molecule has 0 saturated heterocycles. The highest BCUT2D eigenvalue weighted by Crippen LogP contribution is 2.30. The molecule has 1 nitrogen and oxygen atoms in total. The Kier molecular flexibility index (Phi) is 2.83. The van der Waals surface area contributed by atoms with Crippen molar-refractivity contribution < 1.29 is 0 Å². The van der Waals surface area contributed by atoms with E-state index in [1.807, 2.05) is 0 Å². The molecule has 0 spiro atoms. The van der Waals surface area contributed by atoms with Crippen molar-refractivity contribution in [3.05, 3.63) is 53.1 Å². The Labute approximate surface area is 109 Å². The molecule has 1 aliphatic heterocycles. The average Bonchev–Trinajstić information content (AvgIpc) is 2.38. The molecule has 92 valence electrons. The number of benzene rings is 2. The van der Waals surface area contributed by atoms with Gasteiger partial charge in [0.25, 0.3) is 0 Å². The minimum Gasteiger partial charge on any atom is -0.385 e. The predicted molar refractivity (Wildman–Crippen MR) is 78.2 cm³/mol. The Morgan fingerprint density at radius 2 is 1.89 bits per heavy atom. The summed E-state index contributed by atoms with van der Waals surface area (Å²) in [5.74, 6) is 0. The minimum atomic E-state index is 1.11. The summed E-state index contributed by atoms with van der Waals surface area (Å²) < 4.78 is 0. The van der Waals surface area contributed by atoms with E-state index < -0.39 is 0 Å². The maximum atomic E-state index is 3.47. The van der Waals surface area contributed by atoms with Crippen LogP contribution in [0.25, 0.3) is 11.1 Å². The second-order valence-electron chi connectivity index (χ2n) is 5.22. The maximum absolute atomic E-state index is 3.47. The summed E-state index contributed by atoms with van der Waals surface area (Å²) in [6.07, 6.45) is 2.43. The SMILES string of the molecule is Cc1ccc(-c2ccc3c(c2)CCCN3)c(C)c1. The fourth-order valence-electron chi connectivity index (χ4n) is 2.78. The van der Waals surface area contributed by atoms with E-state index in [0.717, 1.165) is 6.54 Å². The summed E-state index contributed by atoms with van der Waals surface area (Å²) in [6.45, 7) is 5.45. The Morgan fingerprint density at radius 3 is 2.72 bits per heavy atom. The van der Waals surface area contributed by atoms with E-state index in [1.54, 1.807) is 0 Å². The van der Waals surface area contributed by atoms with Crippen molar-refractivity contribution in [2.75, 3.05) is 11.9 Å². The summed E-state index contributed by atoms with van der Waals surface area (Å²) in [6, 6.07) is 13.5. The monoisotopic (exact) mass is 237 g/mol. The lowest BCUT2D eigenvalue weighted by Crippen LogP contribution is -2.11. The first-order valence-corrected chi connectivity index (χ1v) is 6.68. The van der Waals surface area contributed by atoms with Gasteiger partial charge in [0.15, 0.2) is 0 Å². The number of hydrogen-bond acceptors (Lipinski definition) is 1. The van der Waals surface area contributed by atoms with E-state index in [-0.39, 0.29) is 0 Å². The Morgan fingerprint density at radius 1 is 1.00 bits per heavy atom. The summed E-state index contributed by atoms with van der Waals surface area (Å²) >= 11 is 0. The van der Waals surface area contributed by atoms with Crippen LogP contribution in [0.4, 0.5) is 5.69 Å². The Bertz CT molecular complexity index is 584. The lowest BCUT2D eigenvalue weighted by Gasteiger charge is -2.19. The summed E-state index contributed by atoms with van der Waals surface area (Å²) in [7, 11) is 0. The molecule has 0 unspecified atom stereocenters. The molecular formula is C17H19N. The molecule has 1 aliphatic rings. The van der Waals surface area contributed by atoms with Crippen molar-refractivity contribution in [1.29, 1.82) is 0 Å². The molecule has 2 aromatic carbocycles. The van der Waals surface area contributed by atoms with Gasteiger partial charge in [-0.25, -0.2) is 0 Å². The van der Waals surface area contributed by atoms with Crippen LogP contribution in [0.5, 0.6) is 0 Å². The molecule has 0 radical (unpaired) electrons. The molecule has 2 aromatic rings. The third kappa shape index (κ3) is 2.01. The molecule has 18 heavy (non-hydrogen) atoms. The van der Waals surface area contributed by atoms with Gasteiger partial charge in [0, 0.05) is 12.2 Å². The van der Waals surface area contributed by atoms with Crippen molar-refractivity contribution in [3.8, 4) is 11.1 Å². The molecule has 1 N–H and O–H groups in total. The van der Waals surface area contributed by atoms with Crippen LogP contribution in [0.15, 0.2) is 36.4 Å². The number of anilines is 1. The summed E-state index contributed by atoms with van der Waals surface area (Å²) in [4.78, 5) is 0. The van der Waals surface area contributed by atoms with Crippen molar-refractivity contribution >= 4 is 5.69 Å². The molecule has 0 bridgehead atoms. The lowest BCUT2D eigenvalue weighted by molar-refractivity contribution is 0.830. The first-order chi connectivity index (χ1) is 8.74. The van der Waals surface area contributed by atoms with Crippen LogP contribution in [-0.4, -0.2) is 6.54 Å². The van der Waals surface area contributed by atoms with Crippen molar-refractivity contribution in [2.45, 2.75) is 26.7 Å². The highest BCUT2D eigenvalue weighted by molar-refractivity contribution is 5.71. The van der Waals surface area contributed by atoms with Gasteiger partial charge in [0.05, 0.1) is 0 Å². The number of fused-ring (bicyclic) bond motifs is 1. The van der Waals surface area contributed by atoms with Crippen LogP contribution < -0.4 is 5.32 Å². The van der Waals surface area contributed by atoms with E-state index in [1.165, 1.54) is 46.3 Å². The number of nitrogens with one attached hydrogen (secondary N) is 1. The quantitative estimate of drug-likeness (QED) is 0.778. The first-order valence-electron chi connectivity index (χ1n) is 6.68. The molecular weight excluding hydrogens is 218 g/mol. The molecule has 0 aliphatic carbocycles. The van der Waals surface area contributed by atoms with Crippen LogP contribution >= 0.6 is 0 Å². The van der Waals surface area contributed by atoms with E-state index >= 15 is 0 Å². The van der Waals surface area contributed by atoms with Crippen LogP contribution in [0, 0.1) is 13.8 Å². The van der Waals surface area contributed by atoms with Crippen molar-refractivity contribution in [3.63, 3.8) is 0 Å². The Hall–Kier alpha value is -1.76. The van der Waals surface area contributed by atoms with Gasteiger partial charge in [-0.15, -0.1) is 0 Å². The van der Waals surface area contributed by atoms with Crippen molar-refractivity contribution in [2.24, 2.45) is 0 Å².